The third-order valence-electron chi connectivity index (χ3n) is 7.09. The van der Waals surface area contributed by atoms with Crippen molar-refractivity contribution in [3.05, 3.63) is 23.0 Å². The molecule has 2 aliphatic heterocycles. The van der Waals surface area contributed by atoms with Gasteiger partial charge in [-0.2, -0.15) is 9.67 Å². The van der Waals surface area contributed by atoms with E-state index in [4.69, 9.17) is 29.8 Å². The molecule has 26 heteroatoms. The molecule has 46 heavy (non-hydrogen) atoms. The molecule has 6 heterocycles. The van der Waals surface area contributed by atoms with E-state index >= 15 is 8.78 Å². The number of thioether (sulfide) groups is 1. The van der Waals surface area contributed by atoms with E-state index in [0.717, 1.165) is 22.8 Å². The average molecular weight is 744 g/mol. The molecule has 0 amide bonds. The third-order valence-corrected chi connectivity index (χ3v) is 11.1. The van der Waals surface area contributed by atoms with E-state index in [1.807, 2.05) is 0 Å². The predicted molar refractivity (Wildman–Crippen MR) is 166 cm³/mol. The zero-order valence-electron chi connectivity index (χ0n) is 22.9. The molecule has 19 nitrogen and oxygen atoms in total. The van der Waals surface area contributed by atoms with Gasteiger partial charge in [0.15, 0.2) is 40.5 Å². The minimum atomic E-state index is -4.49. The van der Waals surface area contributed by atoms with Crippen LogP contribution < -0.4 is 17.0 Å². The Bertz CT molecular complexity index is 1890. The molecule has 0 aliphatic carbocycles. The summed E-state index contributed by atoms with van der Waals surface area (Å²) in [6, 6.07) is 0. The van der Waals surface area contributed by atoms with Crippen LogP contribution in [0.1, 0.15) is 18.0 Å². The smallest absolute Gasteiger partial charge is 0.386 e. The fourth-order valence-corrected chi connectivity index (χ4v) is 9.08. The number of aliphatic hydroxyl groups excluding tert-OH is 1. The van der Waals surface area contributed by atoms with E-state index in [-0.39, 0.29) is 47.1 Å². The predicted octanol–water partition coefficient (Wildman–Crippen LogP) is 1.23. The molecule has 4 aromatic rings. The number of aromatic nitrogens is 9. The molecule has 4 aromatic heterocycles. The first-order valence-electron chi connectivity index (χ1n) is 13.2. The Labute approximate surface area is 271 Å². The molecule has 2 unspecified atom stereocenters. The van der Waals surface area contributed by atoms with Crippen LogP contribution in [-0.4, -0.2) is 98.7 Å². The van der Waals surface area contributed by atoms with Crippen molar-refractivity contribution >= 4 is 84.4 Å². The first-order valence-corrected chi connectivity index (χ1v) is 19.4. The lowest BCUT2D eigenvalue weighted by atomic mass is 10.1. The number of imidazole rings is 1. The monoisotopic (exact) mass is 743 g/mol. The second-order valence-electron chi connectivity index (χ2n) is 9.95. The summed E-state index contributed by atoms with van der Waals surface area (Å²) in [6.07, 6.45) is -7.50. The van der Waals surface area contributed by atoms with Gasteiger partial charge >= 0.3 is 6.80 Å². The molecule has 0 bridgehead atoms. The number of nitrogens with two attached hydrogens (primary N) is 2. The zero-order valence-corrected chi connectivity index (χ0v) is 27.4. The average Bonchev–Trinajstić information content (AvgIpc) is 3.74. The van der Waals surface area contributed by atoms with Crippen LogP contribution in [-0.2, 0) is 27.4 Å². The lowest BCUT2D eigenvalue weighted by Crippen LogP contribution is -2.33. The second-order valence-corrected chi connectivity index (χ2v) is 16.1. The van der Waals surface area contributed by atoms with Gasteiger partial charge in [0, 0.05) is 11.9 Å². The Morgan fingerprint density at radius 3 is 2.72 bits per heavy atom. The van der Waals surface area contributed by atoms with E-state index in [1.54, 1.807) is 0 Å². The first-order chi connectivity index (χ1) is 21.9. The lowest BCUT2D eigenvalue weighted by molar-refractivity contribution is -0.0470. The van der Waals surface area contributed by atoms with Crippen LogP contribution in [0.5, 0.6) is 0 Å². The first kappa shape index (κ1) is 33.5. The van der Waals surface area contributed by atoms with Crippen LogP contribution in [0.15, 0.2) is 17.4 Å². The number of hydrogen-bond acceptors (Lipinski definition) is 17. The lowest BCUT2D eigenvalue weighted by Gasteiger charge is -2.26. The highest BCUT2D eigenvalue weighted by Crippen LogP contribution is 2.60. The highest BCUT2D eigenvalue weighted by atomic mass is 32.7. The van der Waals surface area contributed by atoms with Crippen molar-refractivity contribution in [3.63, 3.8) is 0 Å². The van der Waals surface area contributed by atoms with Gasteiger partial charge in [-0.15, -0.1) is 16.9 Å². The number of H-pyrrole nitrogens is 1. The van der Waals surface area contributed by atoms with Gasteiger partial charge in [0.2, 0.25) is 13.2 Å². The van der Waals surface area contributed by atoms with Crippen molar-refractivity contribution in [1.82, 2.24) is 44.5 Å². The van der Waals surface area contributed by atoms with Gasteiger partial charge in [0.25, 0.3) is 5.56 Å². The molecule has 2 fully saturated rings. The summed E-state index contributed by atoms with van der Waals surface area (Å²) < 4.78 is 81.1. The number of rotatable bonds is 11. The van der Waals surface area contributed by atoms with Crippen LogP contribution in [0, 0.1) is 0 Å². The van der Waals surface area contributed by atoms with Crippen LogP contribution in [0.25, 0.3) is 22.3 Å². The van der Waals surface area contributed by atoms with Crippen molar-refractivity contribution < 1.29 is 41.3 Å². The summed E-state index contributed by atoms with van der Waals surface area (Å²) in [5.74, 6) is -0.237. The number of hydrogen-bond donors (Lipinski definition) is 6. The van der Waals surface area contributed by atoms with Crippen molar-refractivity contribution in [1.29, 1.82) is 0 Å². The van der Waals surface area contributed by atoms with Gasteiger partial charge in [0.1, 0.15) is 36.2 Å². The van der Waals surface area contributed by atoms with Crippen molar-refractivity contribution in [2.24, 2.45) is 0 Å². The summed E-state index contributed by atoms with van der Waals surface area (Å²) in [7, 11) is -3.03. The Kier molecular flexibility index (Phi) is 9.65. The highest BCUT2D eigenvalue weighted by Gasteiger charge is 2.52. The minimum absolute atomic E-state index is 0.00733. The summed E-state index contributed by atoms with van der Waals surface area (Å²) in [5, 5.41) is 15.3. The van der Waals surface area contributed by atoms with E-state index in [0.29, 0.717) is 0 Å². The topological polar surface area (TPSA) is 263 Å². The molecule has 0 spiro atoms. The Morgan fingerprint density at radius 1 is 1.20 bits per heavy atom. The molecule has 0 saturated carbocycles. The summed E-state index contributed by atoms with van der Waals surface area (Å²) in [6.45, 7) is -5.54. The van der Waals surface area contributed by atoms with Crippen LogP contribution in [0.3, 0.4) is 0 Å². The number of fused-ring (bicyclic) bond motifs is 2. The minimum Gasteiger partial charge on any atom is -0.396 e. The molecule has 6 N–H and O–H groups in total. The number of thiol groups is 2. The molecule has 0 radical (unpaired) electrons. The Morgan fingerprint density at radius 2 is 1.98 bits per heavy atom. The van der Waals surface area contributed by atoms with Crippen molar-refractivity contribution in [3.8, 4) is 0 Å². The SMILES string of the molecule is Nc1nc2c(ncn2[C@@H]2S[C@H](CCO)[C@@H](F)[C@H]2OP(=O)(S)OC[C@H]2O[C@@H](n3nnc4c(N)ncnc43)[C@@H](F)[C@@H]2O[PH](=O)S)c(=O)[nH]1. The fraction of sp³-hybridized carbons (Fsp3) is 0.550. The molecule has 10 atom stereocenters. The van der Waals surface area contributed by atoms with Gasteiger partial charge in [-0.25, -0.2) is 28.3 Å². The van der Waals surface area contributed by atoms with Gasteiger partial charge in [-0.1, -0.05) is 29.7 Å². The Hall–Kier alpha value is -2.40. The maximum absolute atomic E-state index is 15.7. The summed E-state index contributed by atoms with van der Waals surface area (Å²) in [4.78, 5) is 30.5. The maximum Gasteiger partial charge on any atom is 0.386 e. The summed E-state index contributed by atoms with van der Waals surface area (Å²) in [5.41, 5.74) is 10.9. The van der Waals surface area contributed by atoms with Crippen LogP contribution >= 0.6 is 50.3 Å². The molecule has 2 aliphatic rings. The van der Waals surface area contributed by atoms with Gasteiger partial charge in [0.05, 0.1) is 12.9 Å². The molecular formula is C20H25F2N11O8P2S3. The molecule has 250 valence electrons. The van der Waals surface area contributed by atoms with E-state index < -0.39 is 73.7 Å². The molecular weight excluding hydrogens is 718 g/mol. The van der Waals surface area contributed by atoms with Crippen molar-refractivity contribution in [2.75, 3.05) is 24.7 Å². The largest absolute Gasteiger partial charge is 0.396 e. The van der Waals surface area contributed by atoms with Crippen molar-refractivity contribution in [2.45, 2.75) is 53.9 Å². The number of halogens is 2. The van der Waals surface area contributed by atoms with Gasteiger partial charge in [-0.05, 0) is 6.42 Å². The van der Waals surface area contributed by atoms with Crippen LogP contribution in [0.2, 0.25) is 0 Å². The number of alkyl halides is 2. The number of aliphatic hydroxyl groups is 1. The normalized spacial score (nSPS) is 30.3. The third kappa shape index (κ3) is 6.39. The molecule has 6 rings (SSSR count). The number of nitrogens with one attached hydrogen (secondary N) is 1. The second kappa shape index (κ2) is 13.2. The number of nitrogen functional groups attached to an aromatic ring is 2. The van der Waals surface area contributed by atoms with Gasteiger partial charge < -0.3 is 25.8 Å². The highest BCUT2D eigenvalue weighted by molar-refractivity contribution is 8.44. The van der Waals surface area contributed by atoms with Gasteiger partial charge in [-0.3, -0.25) is 28.0 Å². The number of nitrogens with zero attached hydrogens (tertiary/aromatic N) is 8. The number of ether oxygens (including phenoxy) is 1. The summed E-state index contributed by atoms with van der Waals surface area (Å²) >= 11 is 8.77. The van der Waals surface area contributed by atoms with E-state index in [1.165, 1.54) is 10.9 Å². The van der Waals surface area contributed by atoms with E-state index in [2.05, 4.69) is 59.7 Å². The molecule has 0 aromatic carbocycles. The zero-order chi connectivity index (χ0) is 32.9. The standard InChI is InChI=1S/C20H25F2N11O8P2S3/c21-8-7(1-2-34)46-19(32-5-27-11-16(32)28-20(24)29-17(11)35)13(8)41-43(37,45)38-3-6-12(40-42(36)44)9(22)18(39-6)33-15-10(30-31-33)14(23)25-4-26-15/h4-9,12-13,18-19,34,42H,1-3H2,(H,36,44)(H,37,45)(H2,23,25,26)(H3,24,28,29,35)/t6-,7-,8-,9+,12-,13-,18-,19-,43?/m1/s1. The van der Waals surface area contributed by atoms with Crippen LogP contribution in [0.4, 0.5) is 20.5 Å². The fourth-order valence-electron chi connectivity index (χ4n) is 5.11. The quantitative estimate of drug-likeness (QED) is 0.0932. The maximum atomic E-state index is 15.7. The Balaban J connectivity index is 1.23. The molecule has 2 saturated heterocycles. The van der Waals surface area contributed by atoms with E-state index in [9.17, 15) is 19.0 Å². The number of aromatic amines is 1. The number of anilines is 2.